The van der Waals surface area contributed by atoms with Crippen molar-refractivity contribution in [1.82, 2.24) is 9.88 Å². The number of aromatic nitrogens is 1. The molecule has 4 nitrogen and oxygen atoms in total. The van der Waals surface area contributed by atoms with Crippen molar-refractivity contribution in [3.63, 3.8) is 0 Å². The third-order valence-corrected chi connectivity index (χ3v) is 4.45. The van der Waals surface area contributed by atoms with Crippen molar-refractivity contribution in [3.8, 4) is 0 Å². The Bertz CT molecular complexity index is 472. The maximum Gasteiger partial charge on any atom is 0.270 e. The molecule has 0 bridgehead atoms. The van der Waals surface area contributed by atoms with Gasteiger partial charge in [-0.1, -0.05) is 28.9 Å². The number of nitrogens with one attached hydrogen (secondary N) is 1. The third-order valence-electron chi connectivity index (χ3n) is 3.09. The summed E-state index contributed by atoms with van der Waals surface area (Å²) >= 11 is 3.60. The van der Waals surface area contributed by atoms with Crippen LogP contribution in [-0.4, -0.2) is 33.7 Å². The van der Waals surface area contributed by atoms with Gasteiger partial charge in [-0.25, -0.2) is 0 Å². The van der Waals surface area contributed by atoms with Gasteiger partial charge in [0.2, 0.25) is 5.56 Å². The second-order valence-corrected chi connectivity index (χ2v) is 5.64. The number of H-pyrrole nitrogens is 1. The maximum atomic E-state index is 12.1. The Morgan fingerprint density at radius 3 is 2.94 bits per heavy atom. The summed E-state index contributed by atoms with van der Waals surface area (Å²) < 4.78 is 0. The minimum Gasteiger partial charge on any atom is -0.337 e. The van der Waals surface area contributed by atoms with Gasteiger partial charge in [-0.3, -0.25) is 9.59 Å². The number of pyridine rings is 1. The fraction of sp³-hybridized carbons (Fsp3) is 0.500. The quantitative estimate of drug-likeness (QED) is 0.801. The molecule has 0 saturated carbocycles. The van der Waals surface area contributed by atoms with Crippen LogP contribution < -0.4 is 5.56 Å². The fourth-order valence-corrected chi connectivity index (χ4v) is 2.42. The molecule has 0 aromatic carbocycles. The van der Waals surface area contributed by atoms with Crippen molar-refractivity contribution >= 4 is 21.8 Å². The van der Waals surface area contributed by atoms with E-state index in [-0.39, 0.29) is 11.5 Å². The molecule has 1 aliphatic heterocycles. The standard InChI is InChI=1S/C12H15BrN2O2/c1-8-7-15(6-5-9(8)13)12(17)10-3-2-4-11(16)14-10/h2-4,8-9H,5-7H2,1H3,(H,14,16). The monoisotopic (exact) mass is 298 g/mol. The number of hydrogen-bond acceptors (Lipinski definition) is 2. The zero-order valence-electron chi connectivity index (χ0n) is 9.65. The molecular weight excluding hydrogens is 284 g/mol. The van der Waals surface area contributed by atoms with Crippen molar-refractivity contribution in [2.75, 3.05) is 13.1 Å². The molecular formula is C12H15BrN2O2. The summed E-state index contributed by atoms with van der Waals surface area (Å²) in [6.07, 6.45) is 0.948. The molecule has 1 aliphatic rings. The first kappa shape index (κ1) is 12.4. The number of likely N-dealkylation sites (tertiary alicyclic amines) is 1. The number of piperidine rings is 1. The van der Waals surface area contributed by atoms with Crippen LogP contribution in [0.1, 0.15) is 23.8 Å². The van der Waals surface area contributed by atoms with E-state index in [1.807, 2.05) is 0 Å². The number of rotatable bonds is 1. The van der Waals surface area contributed by atoms with E-state index >= 15 is 0 Å². The van der Waals surface area contributed by atoms with Gasteiger partial charge in [0.15, 0.2) is 0 Å². The lowest BCUT2D eigenvalue weighted by atomic mass is 10.00. The minimum absolute atomic E-state index is 0.0889. The average molecular weight is 299 g/mol. The summed E-state index contributed by atoms with van der Waals surface area (Å²) in [4.78, 5) is 28.1. The van der Waals surface area contributed by atoms with Crippen LogP contribution >= 0.6 is 15.9 Å². The smallest absolute Gasteiger partial charge is 0.270 e. The molecule has 1 aromatic rings. The van der Waals surface area contributed by atoms with E-state index in [9.17, 15) is 9.59 Å². The molecule has 2 atom stereocenters. The Balaban J connectivity index is 2.13. The van der Waals surface area contributed by atoms with Crippen LogP contribution in [0.15, 0.2) is 23.0 Å². The number of carbonyl (C=O) groups excluding carboxylic acids is 1. The normalized spacial score (nSPS) is 24.7. The largest absolute Gasteiger partial charge is 0.337 e. The van der Waals surface area contributed by atoms with Gasteiger partial charge in [0.25, 0.3) is 5.91 Å². The minimum atomic E-state index is -0.237. The molecule has 5 heteroatoms. The Hall–Kier alpha value is -1.10. The summed E-state index contributed by atoms with van der Waals surface area (Å²) in [6, 6.07) is 4.66. The Labute approximate surface area is 108 Å². The van der Waals surface area contributed by atoms with Gasteiger partial charge in [0.1, 0.15) is 5.69 Å². The van der Waals surface area contributed by atoms with Crippen molar-refractivity contribution in [1.29, 1.82) is 0 Å². The van der Waals surface area contributed by atoms with Gasteiger partial charge in [-0.05, 0) is 18.4 Å². The van der Waals surface area contributed by atoms with E-state index in [1.165, 1.54) is 6.07 Å². The number of hydrogen-bond donors (Lipinski definition) is 1. The van der Waals surface area contributed by atoms with Crippen molar-refractivity contribution in [2.45, 2.75) is 18.2 Å². The van der Waals surface area contributed by atoms with Crippen LogP contribution in [0.25, 0.3) is 0 Å². The Morgan fingerprint density at radius 1 is 1.53 bits per heavy atom. The highest BCUT2D eigenvalue weighted by Crippen LogP contribution is 2.23. The first-order chi connectivity index (χ1) is 8.08. The highest BCUT2D eigenvalue weighted by Gasteiger charge is 2.27. The van der Waals surface area contributed by atoms with Crippen molar-refractivity contribution in [3.05, 3.63) is 34.2 Å². The van der Waals surface area contributed by atoms with Gasteiger partial charge < -0.3 is 9.88 Å². The molecule has 92 valence electrons. The highest BCUT2D eigenvalue weighted by atomic mass is 79.9. The molecule has 2 rings (SSSR count). The van der Waals surface area contributed by atoms with Crippen LogP contribution in [0.2, 0.25) is 0 Å². The van der Waals surface area contributed by atoms with E-state index < -0.39 is 0 Å². The van der Waals surface area contributed by atoms with E-state index in [4.69, 9.17) is 0 Å². The summed E-state index contributed by atoms with van der Waals surface area (Å²) in [6.45, 7) is 3.58. The van der Waals surface area contributed by atoms with E-state index in [0.29, 0.717) is 16.4 Å². The Morgan fingerprint density at radius 2 is 2.29 bits per heavy atom. The number of nitrogens with zero attached hydrogens (tertiary/aromatic N) is 1. The summed E-state index contributed by atoms with van der Waals surface area (Å²) in [7, 11) is 0. The summed E-state index contributed by atoms with van der Waals surface area (Å²) in [5.74, 6) is 0.345. The van der Waals surface area contributed by atoms with Gasteiger partial charge >= 0.3 is 0 Å². The molecule has 1 fully saturated rings. The highest BCUT2D eigenvalue weighted by molar-refractivity contribution is 9.09. The molecule has 2 unspecified atom stereocenters. The molecule has 1 N–H and O–H groups in total. The molecule has 1 amide bonds. The predicted molar refractivity (Wildman–Crippen MR) is 69.5 cm³/mol. The number of carbonyl (C=O) groups is 1. The van der Waals surface area contributed by atoms with Gasteiger partial charge in [-0.2, -0.15) is 0 Å². The van der Waals surface area contributed by atoms with E-state index in [2.05, 4.69) is 27.8 Å². The average Bonchev–Trinajstić information content (AvgIpc) is 2.32. The van der Waals surface area contributed by atoms with Crippen LogP contribution in [0.4, 0.5) is 0 Å². The second kappa shape index (κ2) is 5.04. The Kier molecular flexibility index (Phi) is 3.66. The van der Waals surface area contributed by atoms with Crippen molar-refractivity contribution < 1.29 is 4.79 Å². The predicted octanol–water partition coefficient (Wildman–Crippen LogP) is 1.62. The lowest BCUT2D eigenvalue weighted by Crippen LogP contribution is -2.43. The first-order valence-electron chi connectivity index (χ1n) is 5.70. The number of halogens is 1. The zero-order valence-corrected chi connectivity index (χ0v) is 11.2. The molecule has 0 radical (unpaired) electrons. The van der Waals surface area contributed by atoms with Gasteiger partial charge in [-0.15, -0.1) is 0 Å². The fourth-order valence-electron chi connectivity index (χ4n) is 2.04. The van der Waals surface area contributed by atoms with Crippen LogP contribution in [-0.2, 0) is 0 Å². The SMILES string of the molecule is CC1CN(C(=O)c2cccc(=O)[nH]2)CCC1Br. The number of amides is 1. The summed E-state index contributed by atoms with van der Waals surface area (Å²) in [5, 5.41) is 0. The first-order valence-corrected chi connectivity index (χ1v) is 6.62. The second-order valence-electron chi connectivity index (χ2n) is 4.46. The van der Waals surface area contributed by atoms with Crippen LogP contribution in [0.3, 0.4) is 0 Å². The molecule has 17 heavy (non-hydrogen) atoms. The van der Waals surface area contributed by atoms with E-state index in [1.54, 1.807) is 17.0 Å². The number of alkyl halides is 1. The molecule has 1 aromatic heterocycles. The van der Waals surface area contributed by atoms with Gasteiger partial charge in [0, 0.05) is 24.0 Å². The van der Waals surface area contributed by atoms with Crippen molar-refractivity contribution in [2.24, 2.45) is 5.92 Å². The van der Waals surface area contributed by atoms with Crippen LogP contribution in [0.5, 0.6) is 0 Å². The molecule has 0 spiro atoms. The lowest BCUT2D eigenvalue weighted by Gasteiger charge is -2.34. The molecule has 0 aliphatic carbocycles. The molecule has 2 heterocycles. The summed E-state index contributed by atoms with van der Waals surface area (Å²) in [5.41, 5.74) is 0.136. The topological polar surface area (TPSA) is 53.2 Å². The van der Waals surface area contributed by atoms with Gasteiger partial charge in [0.05, 0.1) is 0 Å². The maximum absolute atomic E-state index is 12.1. The lowest BCUT2D eigenvalue weighted by molar-refractivity contribution is 0.0684. The number of aromatic amines is 1. The molecule has 1 saturated heterocycles. The van der Waals surface area contributed by atoms with Crippen LogP contribution in [0, 0.1) is 5.92 Å². The third kappa shape index (κ3) is 2.77. The zero-order chi connectivity index (χ0) is 12.4. The van der Waals surface area contributed by atoms with E-state index in [0.717, 1.165) is 19.5 Å².